The first-order valence-corrected chi connectivity index (χ1v) is 11.6. The maximum atomic E-state index is 13.6. The summed E-state index contributed by atoms with van der Waals surface area (Å²) in [6.07, 6.45) is 2.53. The number of methoxy groups -OCH3 is 1. The molecule has 2 aromatic heterocycles. The zero-order valence-electron chi connectivity index (χ0n) is 19.9. The van der Waals surface area contributed by atoms with Crippen LogP contribution in [0.5, 0.6) is 11.5 Å². The second-order valence-electron chi connectivity index (χ2n) is 8.88. The van der Waals surface area contributed by atoms with Crippen molar-refractivity contribution in [3.8, 4) is 11.5 Å². The molecule has 0 radical (unpaired) electrons. The van der Waals surface area contributed by atoms with E-state index in [1.807, 2.05) is 18.2 Å². The van der Waals surface area contributed by atoms with Crippen LogP contribution in [-0.4, -0.2) is 24.6 Å². The Balaban J connectivity index is 1.67. The van der Waals surface area contributed by atoms with Gasteiger partial charge in [0.15, 0.2) is 16.9 Å². The van der Waals surface area contributed by atoms with Crippen LogP contribution in [0.1, 0.15) is 48.0 Å². The van der Waals surface area contributed by atoms with E-state index in [1.165, 1.54) is 4.90 Å². The average Bonchev–Trinajstić information content (AvgIpc) is 3.17. The fourth-order valence-corrected chi connectivity index (χ4v) is 4.35. The zero-order valence-corrected chi connectivity index (χ0v) is 19.9. The van der Waals surface area contributed by atoms with Crippen LogP contribution in [0.3, 0.4) is 0 Å². The van der Waals surface area contributed by atoms with Gasteiger partial charge in [0.05, 0.1) is 30.7 Å². The largest absolute Gasteiger partial charge is 0.493 e. The lowest BCUT2D eigenvalue weighted by Gasteiger charge is -2.25. The molecular formula is C28H26N2O5. The van der Waals surface area contributed by atoms with E-state index < -0.39 is 11.9 Å². The van der Waals surface area contributed by atoms with Gasteiger partial charge in [-0.2, -0.15) is 0 Å². The molecule has 1 atom stereocenters. The number of aromatic nitrogens is 1. The highest BCUT2D eigenvalue weighted by Crippen LogP contribution is 2.42. The maximum Gasteiger partial charge on any atom is 0.296 e. The lowest BCUT2D eigenvalue weighted by molar-refractivity contribution is 0.0970. The molecule has 1 unspecified atom stereocenters. The fourth-order valence-electron chi connectivity index (χ4n) is 4.35. The van der Waals surface area contributed by atoms with E-state index in [0.717, 1.165) is 6.42 Å². The molecule has 0 spiro atoms. The van der Waals surface area contributed by atoms with Crippen molar-refractivity contribution in [1.29, 1.82) is 0 Å². The van der Waals surface area contributed by atoms with E-state index in [1.54, 1.807) is 55.8 Å². The SMILES string of the molecule is COc1cc(C2c3c(oc4ccccc4c3=O)C(=O)N2c2ccccn2)ccc1OCCC(C)C. The van der Waals surface area contributed by atoms with Gasteiger partial charge < -0.3 is 13.9 Å². The van der Waals surface area contributed by atoms with Crippen molar-refractivity contribution in [2.24, 2.45) is 5.92 Å². The van der Waals surface area contributed by atoms with E-state index in [0.29, 0.717) is 46.4 Å². The van der Waals surface area contributed by atoms with Gasteiger partial charge in [-0.05, 0) is 54.3 Å². The van der Waals surface area contributed by atoms with Crippen LogP contribution >= 0.6 is 0 Å². The molecule has 4 aromatic rings. The highest BCUT2D eigenvalue weighted by atomic mass is 16.5. The van der Waals surface area contributed by atoms with Crippen molar-refractivity contribution in [3.05, 3.63) is 94.0 Å². The second kappa shape index (κ2) is 9.25. The number of para-hydroxylation sites is 1. The summed E-state index contributed by atoms with van der Waals surface area (Å²) in [6, 6.07) is 17.0. The predicted molar refractivity (Wildman–Crippen MR) is 133 cm³/mol. The third-order valence-corrected chi connectivity index (χ3v) is 6.13. The Bertz CT molecular complexity index is 1450. The monoisotopic (exact) mass is 470 g/mol. The van der Waals surface area contributed by atoms with E-state index >= 15 is 0 Å². The Morgan fingerprint density at radius 1 is 1.03 bits per heavy atom. The molecule has 178 valence electrons. The fraction of sp³-hybridized carbons (Fsp3) is 0.250. The number of ether oxygens (including phenoxy) is 2. The minimum Gasteiger partial charge on any atom is -0.493 e. The van der Waals surface area contributed by atoms with Crippen molar-refractivity contribution in [2.75, 3.05) is 18.6 Å². The summed E-state index contributed by atoms with van der Waals surface area (Å²) in [7, 11) is 1.57. The molecular weight excluding hydrogens is 444 g/mol. The first-order chi connectivity index (χ1) is 17.0. The smallest absolute Gasteiger partial charge is 0.296 e. The molecule has 7 heteroatoms. The minimum atomic E-state index is -0.730. The average molecular weight is 471 g/mol. The van der Waals surface area contributed by atoms with Crippen molar-refractivity contribution in [2.45, 2.75) is 26.3 Å². The van der Waals surface area contributed by atoms with Gasteiger partial charge in [0.25, 0.3) is 5.91 Å². The number of hydrogen-bond acceptors (Lipinski definition) is 6. The molecule has 0 saturated carbocycles. The Labute approximate surface area is 202 Å². The molecule has 7 nitrogen and oxygen atoms in total. The van der Waals surface area contributed by atoms with E-state index in [2.05, 4.69) is 18.8 Å². The van der Waals surface area contributed by atoms with Gasteiger partial charge in [-0.3, -0.25) is 14.5 Å². The van der Waals surface area contributed by atoms with Gasteiger partial charge >= 0.3 is 0 Å². The number of amides is 1. The van der Waals surface area contributed by atoms with Crippen LogP contribution in [0.2, 0.25) is 0 Å². The van der Waals surface area contributed by atoms with Gasteiger partial charge in [0, 0.05) is 6.20 Å². The van der Waals surface area contributed by atoms with Crippen LogP contribution in [0.25, 0.3) is 11.0 Å². The number of benzene rings is 2. The summed E-state index contributed by atoms with van der Waals surface area (Å²) in [4.78, 5) is 33.1. The Kier molecular flexibility index (Phi) is 5.99. The molecule has 0 saturated heterocycles. The van der Waals surface area contributed by atoms with E-state index in [-0.39, 0.29) is 16.8 Å². The first-order valence-electron chi connectivity index (χ1n) is 11.6. The number of rotatable bonds is 7. The zero-order chi connectivity index (χ0) is 24.5. The molecule has 0 N–H and O–H groups in total. The number of nitrogens with zero attached hydrogens (tertiary/aromatic N) is 2. The minimum absolute atomic E-state index is 0.0283. The molecule has 1 amide bonds. The van der Waals surface area contributed by atoms with Gasteiger partial charge in [-0.15, -0.1) is 0 Å². The summed E-state index contributed by atoms with van der Waals surface area (Å²) >= 11 is 0. The number of hydrogen-bond donors (Lipinski definition) is 0. The summed E-state index contributed by atoms with van der Waals surface area (Å²) in [5.41, 5.74) is 1.11. The highest BCUT2D eigenvalue weighted by molar-refractivity contribution is 6.10. The Hall–Kier alpha value is -4.13. The Morgan fingerprint density at radius 2 is 1.83 bits per heavy atom. The van der Waals surface area contributed by atoms with E-state index in [9.17, 15) is 9.59 Å². The lowest BCUT2D eigenvalue weighted by atomic mass is 9.98. The quantitative estimate of drug-likeness (QED) is 0.361. The lowest BCUT2D eigenvalue weighted by Crippen LogP contribution is -2.30. The summed E-state index contributed by atoms with van der Waals surface area (Å²) < 4.78 is 17.5. The molecule has 2 aromatic carbocycles. The number of anilines is 1. The van der Waals surface area contributed by atoms with Crippen molar-refractivity contribution in [1.82, 2.24) is 4.98 Å². The third-order valence-electron chi connectivity index (χ3n) is 6.13. The second-order valence-corrected chi connectivity index (χ2v) is 8.88. The predicted octanol–water partition coefficient (Wildman–Crippen LogP) is 5.37. The van der Waals surface area contributed by atoms with Crippen LogP contribution in [-0.2, 0) is 0 Å². The number of fused-ring (bicyclic) bond motifs is 2. The van der Waals surface area contributed by atoms with Crippen LogP contribution in [0.4, 0.5) is 5.82 Å². The molecule has 0 fully saturated rings. The molecule has 1 aliphatic rings. The molecule has 35 heavy (non-hydrogen) atoms. The maximum absolute atomic E-state index is 13.6. The van der Waals surface area contributed by atoms with Gasteiger partial charge in [-0.25, -0.2) is 4.98 Å². The number of carbonyl (C=O) groups excluding carboxylic acids is 1. The molecule has 0 bridgehead atoms. The summed E-state index contributed by atoms with van der Waals surface area (Å²) in [5.74, 6) is 1.69. The molecule has 3 heterocycles. The van der Waals surface area contributed by atoms with Crippen molar-refractivity contribution < 1.29 is 18.7 Å². The molecule has 1 aliphatic heterocycles. The summed E-state index contributed by atoms with van der Waals surface area (Å²) in [5, 5.41) is 0.424. The third kappa shape index (κ3) is 4.03. The normalized spacial score (nSPS) is 15.0. The van der Waals surface area contributed by atoms with Gasteiger partial charge in [0.2, 0.25) is 5.76 Å². The topological polar surface area (TPSA) is 81.9 Å². The number of carbonyl (C=O) groups is 1. The first kappa shape index (κ1) is 22.7. The van der Waals surface area contributed by atoms with E-state index in [4.69, 9.17) is 13.9 Å². The van der Waals surface area contributed by atoms with Gasteiger partial charge in [0.1, 0.15) is 11.4 Å². The van der Waals surface area contributed by atoms with Crippen molar-refractivity contribution >= 4 is 22.7 Å². The standard InChI is InChI=1S/C28H26N2O5/c1-17(2)13-15-34-21-12-11-18(16-22(21)33-3)25-24-26(31)19-8-4-5-9-20(19)35-27(24)28(32)30(25)23-10-6-7-14-29-23/h4-12,14,16-17,25H,13,15H2,1-3H3. The Morgan fingerprint density at radius 3 is 2.57 bits per heavy atom. The summed E-state index contributed by atoms with van der Waals surface area (Å²) in [6.45, 7) is 4.84. The van der Waals surface area contributed by atoms with Crippen LogP contribution in [0.15, 0.2) is 76.1 Å². The van der Waals surface area contributed by atoms with Crippen LogP contribution in [0, 0.1) is 5.92 Å². The van der Waals surface area contributed by atoms with Crippen LogP contribution < -0.4 is 19.8 Å². The highest BCUT2D eigenvalue weighted by Gasteiger charge is 2.44. The van der Waals surface area contributed by atoms with Crippen molar-refractivity contribution in [3.63, 3.8) is 0 Å². The van der Waals surface area contributed by atoms with Gasteiger partial charge in [-0.1, -0.05) is 38.1 Å². The molecule has 0 aliphatic carbocycles. The molecule has 5 rings (SSSR count). The number of pyridine rings is 1.